The van der Waals surface area contributed by atoms with E-state index in [2.05, 4.69) is 50.1 Å². The van der Waals surface area contributed by atoms with E-state index in [-0.39, 0.29) is 0 Å². The zero-order chi connectivity index (χ0) is 17.1. The minimum atomic E-state index is 0.299. The molecule has 1 atom stereocenters. The molecule has 0 aromatic carbocycles. The zero-order valence-corrected chi connectivity index (χ0v) is 15.3. The highest BCUT2D eigenvalue weighted by molar-refractivity contribution is 7.13. The van der Waals surface area contributed by atoms with E-state index >= 15 is 0 Å². The number of aromatic nitrogens is 2. The lowest BCUT2D eigenvalue weighted by molar-refractivity contribution is 0.207. The van der Waals surface area contributed by atoms with Gasteiger partial charge < -0.3 is 9.73 Å². The van der Waals surface area contributed by atoms with Crippen LogP contribution < -0.4 is 5.32 Å². The van der Waals surface area contributed by atoms with E-state index in [0.717, 1.165) is 43.4 Å². The molecule has 0 spiro atoms. The van der Waals surface area contributed by atoms with Crippen molar-refractivity contribution < 1.29 is 4.42 Å². The lowest BCUT2D eigenvalue weighted by atomic mass is 10.1. The molecule has 132 valence electrons. The van der Waals surface area contributed by atoms with Crippen molar-refractivity contribution in [1.82, 2.24) is 20.4 Å². The summed E-state index contributed by atoms with van der Waals surface area (Å²) in [6, 6.07) is 8.67. The molecular weight excluding hydrogens is 332 g/mol. The lowest BCUT2D eigenvalue weighted by Gasteiger charge is -2.26. The number of aryl methyl sites for hydroxylation is 1. The number of nitrogens with one attached hydrogen (secondary N) is 2. The molecule has 4 heterocycles. The van der Waals surface area contributed by atoms with Crippen molar-refractivity contribution in [2.75, 3.05) is 19.6 Å². The topological polar surface area (TPSA) is 57.1 Å². The largest absolute Gasteiger partial charge is 0.465 e. The molecule has 5 nitrogen and oxygen atoms in total. The van der Waals surface area contributed by atoms with Crippen LogP contribution in [0, 0.1) is 6.92 Å². The van der Waals surface area contributed by atoms with Gasteiger partial charge in [0, 0.05) is 18.7 Å². The smallest absolute Gasteiger partial charge is 0.122 e. The Morgan fingerprint density at radius 2 is 2.20 bits per heavy atom. The van der Waals surface area contributed by atoms with Gasteiger partial charge in [0.05, 0.1) is 22.8 Å². The second-order valence-corrected chi connectivity index (χ2v) is 7.53. The number of hydrogen-bond donors (Lipinski definition) is 2. The van der Waals surface area contributed by atoms with E-state index in [1.807, 2.05) is 13.1 Å². The van der Waals surface area contributed by atoms with Crippen LogP contribution in [0.5, 0.6) is 0 Å². The molecule has 1 saturated heterocycles. The molecule has 0 saturated carbocycles. The molecule has 0 radical (unpaired) electrons. The summed E-state index contributed by atoms with van der Waals surface area (Å²) in [7, 11) is 0. The molecule has 0 aliphatic carbocycles. The Hall–Kier alpha value is -1.89. The van der Waals surface area contributed by atoms with Crippen LogP contribution in [-0.4, -0.2) is 34.7 Å². The number of nitrogens with zero attached hydrogens (tertiary/aromatic N) is 2. The maximum Gasteiger partial charge on any atom is 0.122 e. The van der Waals surface area contributed by atoms with Gasteiger partial charge in [-0.3, -0.25) is 10.00 Å². The van der Waals surface area contributed by atoms with Crippen molar-refractivity contribution in [3.63, 3.8) is 0 Å². The molecule has 3 aromatic rings. The van der Waals surface area contributed by atoms with Gasteiger partial charge in [0.1, 0.15) is 11.5 Å². The highest BCUT2D eigenvalue weighted by Crippen LogP contribution is 2.28. The number of furan rings is 1. The minimum absolute atomic E-state index is 0.299. The third-order valence-electron chi connectivity index (χ3n) is 4.81. The third-order valence-corrected chi connectivity index (χ3v) is 5.70. The summed E-state index contributed by atoms with van der Waals surface area (Å²) in [5.74, 6) is 2.05. The van der Waals surface area contributed by atoms with Crippen molar-refractivity contribution >= 4 is 11.3 Å². The third kappa shape index (κ3) is 3.71. The Balaban J connectivity index is 1.43. The summed E-state index contributed by atoms with van der Waals surface area (Å²) >= 11 is 1.73. The predicted octanol–water partition coefficient (Wildman–Crippen LogP) is 3.97. The van der Waals surface area contributed by atoms with Crippen LogP contribution in [0.25, 0.3) is 10.6 Å². The number of thiophene rings is 1. The SMILES string of the molecule is Cc1ccc(C(CNCc2cn[nH]c2-c2cccs2)N2CCCC2)o1. The Kier molecular flexibility index (Phi) is 5.01. The lowest BCUT2D eigenvalue weighted by Crippen LogP contribution is -2.33. The van der Waals surface area contributed by atoms with Crippen LogP contribution in [0.4, 0.5) is 0 Å². The Morgan fingerprint density at radius 1 is 1.32 bits per heavy atom. The molecule has 1 fully saturated rings. The van der Waals surface area contributed by atoms with Crippen molar-refractivity contribution in [3.8, 4) is 10.6 Å². The van der Waals surface area contributed by atoms with E-state index in [0.29, 0.717) is 6.04 Å². The van der Waals surface area contributed by atoms with E-state index in [1.165, 1.54) is 23.3 Å². The van der Waals surface area contributed by atoms with Crippen LogP contribution in [0.2, 0.25) is 0 Å². The molecule has 2 N–H and O–H groups in total. The highest BCUT2D eigenvalue weighted by atomic mass is 32.1. The second-order valence-electron chi connectivity index (χ2n) is 6.59. The van der Waals surface area contributed by atoms with E-state index < -0.39 is 0 Å². The van der Waals surface area contributed by atoms with Gasteiger partial charge >= 0.3 is 0 Å². The molecular formula is C19H24N4OS. The van der Waals surface area contributed by atoms with Gasteiger partial charge in [-0.2, -0.15) is 5.10 Å². The van der Waals surface area contributed by atoms with Crippen molar-refractivity contribution in [3.05, 3.63) is 52.9 Å². The first-order chi connectivity index (χ1) is 12.3. The Labute approximate surface area is 152 Å². The Morgan fingerprint density at radius 3 is 2.92 bits per heavy atom. The van der Waals surface area contributed by atoms with Gasteiger partial charge in [0.2, 0.25) is 0 Å². The second kappa shape index (κ2) is 7.56. The van der Waals surface area contributed by atoms with E-state index in [1.54, 1.807) is 11.3 Å². The predicted molar refractivity (Wildman–Crippen MR) is 101 cm³/mol. The number of H-pyrrole nitrogens is 1. The van der Waals surface area contributed by atoms with Gasteiger partial charge in [0.25, 0.3) is 0 Å². The summed E-state index contributed by atoms with van der Waals surface area (Å²) in [6.45, 7) is 5.99. The van der Waals surface area contributed by atoms with Gasteiger partial charge in [-0.15, -0.1) is 11.3 Å². The molecule has 1 aliphatic rings. The first kappa shape index (κ1) is 16.6. The van der Waals surface area contributed by atoms with Crippen molar-refractivity contribution in [2.45, 2.75) is 32.4 Å². The first-order valence-electron chi connectivity index (χ1n) is 8.88. The molecule has 1 aliphatic heterocycles. The summed E-state index contributed by atoms with van der Waals surface area (Å²) < 4.78 is 5.93. The van der Waals surface area contributed by atoms with Crippen LogP contribution in [0.1, 0.15) is 36.0 Å². The highest BCUT2D eigenvalue weighted by Gasteiger charge is 2.25. The summed E-state index contributed by atoms with van der Waals surface area (Å²) in [4.78, 5) is 3.76. The fraction of sp³-hybridized carbons (Fsp3) is 0.421. The van der Waals surface area contributed by atoms with Crippen molar-refractivity contribution in [1.29, 1.82) is 0 Å². The van der Waals surface area contributed by atoms with Crippen molar-refractivity contribution in [2.24, 2.45) is 0 Å². The molecule has 1 unspecified atom stereocenters. The molecule has 4 rings (SSSR count). The standard InChI is InChI=1S/C19H24N4OS/c1-14-6-7-17(24-14)16(23-8-2-3-9-23)13-20-11-15-12-21-22-19(15)18-5-4-10-25-18/h4-7,10,12,16,20H,2-3,8-9,11,13H2,1H3,(H,21,22). The van der Waals surface area contributed by atoms with Gasteiger partial charge in [-0.25, -0.2) is 0 Å². The monoisotopic (exact) mass is 356 g/mol. The number of aromatic amines is 1. The maximum atomic E-state index is 5.93. The van der Waals surface area contributed by atoms with Gasteiger partial charge in [-0.05, 0) is 56.4 Å². The normalized spacial score (nSPS) is 16.5. The van der Waals surface area contributed by atoms with E-state index in [9.17, 15) is 0 Å². The minimum Gasteiger partial charge on any atom is -0.465 e. The fourth-order valence-electron chi connectivity index (χ4n) is 3.52. The molecule has 0 amide bonds. The summed E-state index contributed by atoms with van der Waals surface area (Å²) in [6.07, 6.45) is 4.48. The van der Waals surface area contributed by atoms with Crippen LogP contribution in [-0.2, 0) is 6.54 Å². The number of likely N-dealkylation sites (tertiary alicyclic amines) is 1. The summed E-state index contributed by atoms with van der Waals surface area (Å²) in [5, 5.41) is 13.1. The fourth-order valence-corrected chi connectivity index (χ4v) is 4.27. The van der Waals surface area contributed by atoms with E-state index in [4.69, 9.17) is 4.42 Å². The molecule has 3 aromatic heterocycles. The van der Waals surface area contributed by atoms with Crippen LogP contribution >= 0.6 is 11.3 Å². The maximum absolute atomic E-state index is 5.93. The van der Waals surface area contributed by atoms with Crippen LogP contribution in [0.15, 0.2) is 40.3 Å². The molecule has 25 heavy (non-hydrogen) atoms. The van der Waals surface area contributed by atoms with Gasteiger partial charge in [0.15, 0.2) is 0 Å². The Bertz CT molecular complexity index is 786. The first-order valence-corrected chi connectivity index (χ1v) is 9.76. The average molecular weight is 356 g/mol. The molecule has 0 bridgehead atoms. The summed E-state index contributed by atoms with van der Waals surface area (Å²) in [5.41, 5.74) is 2.33. The number of hydrogen-bond acceptors (Lipinski definition) is 5. The van der Waals surface area contributed by atoms with Gasteiger partial charge in [-0.1, -0.05) is 6.07 Å². The molecule has 6 heteroatoms. The van der Waals surface area contributed by atoms with Crippen LogP contribution in [0.3, 0.4) is 0 Å². The quantitative estimate of drug-likeness (QED) is 0.673. The zero-order valence-electron chi connectivity index (χ0n) is 14.5. The number of rotatable bonds is 7. The average Bonchev–Trinajstić information content (AvgIpc) is 3.38.